The molecule has 13 rings (SSSR count). The molecule has 0 nitrogen and oxygen atoms in total. The average Bonchev–Trinajstić information content (AvgIpc) is 1.48. The van der Waals surface area contributed by atoms with Crippen LogP contribution in [0.1, 0.15) is 297 Å². The second-order valence-electron chi connectivity index (χ2n) is 29.3. The zero-order valence-corrected chi connectivity index (χ0v) is 65.4. The molecule has 0 saturated heterocycles. The van der Waals surface area contributed by atoms with Crippen LogP contribution in [-0.4, -0.2) is 0 Å². The Morgan fingerprint density at radius 3 is 0.747 bits per heavy atom. The Labute approximate surface area is 620 Å². The van der Waals surface area contributed by atoms with Crippen molar-refractivity contribution < 1.29 is 0 Å². The topological polar surface area (TPSA) is 0 Å². The number of unbranched alkanes of at least 4 members (excludes halogenated alkanes) is 18. The lowest BCUT2D eigenvalue weighted by Crippen LogP contribution is -2.31. The molecule has 0 aliphatic heterocycles. The minimum atomic E-state index is -0.172. The number of benzene rings is 4. The molecule has 6 aromatic heterocycles. The van der Waals surface area contributed by atoms with Gasteiger partial charge in [0, 0.05) is 60.1 Å². The van der Waals surface area contributed by atoms with Crippen molar-refractivity contribution in [2.45, 2.75) is 250 Å². The smallest absolute Gasteiger partial charge is 0.0349 e. The summed E-state index contributed by atoms with van der Waals surface area (Å²) in [5, 5.41) is 6.58. The van der Waals surface area contributed by atoms with Crippen LogP contribution in [0.4, 0.5) is 0 Å². The van der Waals surface area contributed by atoms with Crippen molar-refractivity contribution in [1.29, 1.82) is 0 Å². The van der Waals surface area contributed by atoms with Crippen LogP contribution in [0.3, 0.4) is 0 Å². The molecule has 0 radical (unpaired) electrons. The summed E-state index contributed by atoms with van der Waals surface area (Å²) >= 11 is 11.4. The fourth-order valence-corrected chi connectivity index (χ4v) is 22.4. The highest BCUT2D eigenvalue weighted by Crippen LogP contribution is 2.72. The first-order chi connectivity index (χ1) is 48.8. The van der Waals surface area contributed by atoms with Gasteiger partial charge in [-0.05, 0) is 247 Å². The van der Waals surface area contributed by atoms with Crippen LogP contribution in [0.5, 0.6) is 0 Å². The molecule has 0 fully saturated rings. The summed E-state index contributed by atoms with van der Waals surface area (Å²) < 4.78 is 0. The number of hydrogen-bond donors (Lipinski definition) is 0. The molecular weight excluding hydrogens is 1310 g/mol. The van der Waals surface area contributed by atoms with Gasteiger partial charge in [0.2, 0.25) is 0 Å². The molecule has 0 bridgehead atoms. The zero-order valence-electron chi connectivity index (χ0n) is 60.5. The van der Waals surface area contributed by atoms with Crippen molar-refractivity contribution in [3.8, 4) is 64.7 Å². The van der Waals surface area contributed by atoms with Crippen LogP contribution in [-0.2, 0) is 16.2 Å². The lowest BCUT2D eigenvalue weighted by molar-refractivity contribution is 0.389. The van der Waals surface area contributed by atoms with E-state index in [0.717, 1.165) is 0 Å². The van der Waals surface area contributed by atoms with Gasteiger partial charge in [0.05, 0.1) is 0 Å². The van der Waals surface area contributed by atoms with E-state index in [1.165, 1.54) is 253 Å². The van der Waals surface area contributed by atoms with E-state index in [9.17, 15) is 0 Å². The van der Waals surface area contributed by atoms with Crippen molar-refractivity contribution in [2.75, 3.05) is 0 Å². The molecular formula is C93H108S6. The Hall–Kier alpha value is -5.70. The summed E-state index contributed by atoms with van der Waals surface area (Å²) in [6.07, 6.45) is 51.5. The number of rotatable bonds is 39. The molecule has 3 aliphatic carbocycles. The van der Waals surface area contributed by atoms with Gasteiger partial charge >= 0.3 is 0 Å². The van der Waals surface area contributed by atoms with E-state index in [4.69, 9.17) is 0 Å². The van der Waals surface area contributed by atoms with Crippen LogP contribution in [0.2, 0.25) is 0 Å². The second kappa shape index (κ2) is 34.1. The SMILES string of the molecule is CCCCCCC1(CCCCCC)c2cc(-c3ccc(/C=C/c4cccs4)s3)ccc2-c2c1c1c(c3c2C(CCCCCC)(CCCCCC)c2cc(-c4ccc(/C=C/c5cccs5)s4)ccc2-3)C(CCCCCC)(CCCCCC)c2cc(-c3ccc(/C=C/c4cccs4)s3)ccc2-1. The fourth-order valence-electron chi connectivity index (χ4n) is 17.8. The summed E-state index contributed by atoms with van der Waals surface area (Å²) in [7, 11) is 0. The maximum atomic E-state index is 2.82. The molecule has 0 atom stereocenters. The Bertz CT molecular complexity index is 3810. The summed E-state index contributed by atoms with van der Waals surface area (Å²) in [6.45, 7) is 14.5. The summed E-state index contributed by atoms with van der Waals surface area (Å²) in [6, 6.07) is 52.1. The Morgan fingerprint density at radius 1 is 0.263 bits per heavy atom. The van der Waals surface area contributed by atoms with Gasteiger partial charge in [-0.15, -0.1) is 68.0 Å². The van der Waals surface area contributed by atoms with E-state index >= 15 is 0 Å². The van der Waals surface area contributed by atoms with Crippen molar-refractivity contribution in [1.82, 2.24) is 0 Å². The third-order valence-electron chi connectivity index (χ3n) is 22.7. The molecule has 6 heteroatoms. The average molecular weight is 1420 g/mol. The first-order valence-corrected chi connectivity index (χ1v) is 44.0. The van der Waals surface area contributed by atoms with E-state index in [1.54, 1.807) is 66.8 Å². The molecule has 10 aromatic rings. The largest absolute Gasteiger partial charge is 0.144 e. The Kier molecular flexibility index (Phi) is 24.7. The van der Waals surface area contributed by atoms with Crippen LogP contribution < -0.4 is 0 Å². The van der Waals surface area contributed by atoms with Gasteiger partial charge in [0.15, 0.2) is 0 Å². The van der Waals surface area contributed by atoms with Crippen molar-refractivity contribution >= 4 is 104 Å². The normalized spacial score (nSPS) is 14.5. The second-order valence-corrected chi connectivity index (χ2v) is 35.6. The lowest BCUT2D eigenvalue weighted by atomic mass is 9.63. The Morgan fingerprint density at radius 2 is 0.515 bits per heavy atom. The van der Waals surface area contributed by atoms with E-state index in [1.807, 2.05) is 68.0 Å². The van der Waals surface area contributed by atoms with Crippen molar-refractivity contribution in [3.05, 3.63) is 206 Å². The first kappa shape index (κ1) is 71.7. The minimum Gasteiger partial charge on any atom is -0.144 e. The minimum absolute atomic E-state index is 0.172. The van der Waals surface area contributed by atoms with Gasteiger partial charge in [-0.2, -0.15) is 0 Å². The highest BCUT2D eigenvalue weighted by Gasteiger charge is 2.58. The highest BCUT2D eigenvalue weighted by molar-refractivity contribution is 7.17. The molecule has 6 heterocycles. The third-order valence-corrected chi connectivity index (χ3v) is 28.5. The monoisotopic (exact) mass is 1420 g/mol. The number of hydrogen-bond acceptors (Lipinski definition) is 6. The zero-order chi connectivity index (χ0) is 68.0. The first-order valence-electron chi connectivity index (χ1n) is 39.0. The highest BCUT2D eigenvalue weighted by atomic mass is 32.1. The Balaban J connectivity index is 1.14. The quantitative estimate of drug-likeness (QED) is 0.0337. The molecule has 516 valence electrons. The lowest BCUT2D eigenvalue weighted by Gasteiger charge is -2.40. The van der Waals surface area contributed by atoms with E-state index in [2.05, 4.69) is 222 Å². The van der Waals surface area contributed by atoms with Gasteiger partial charge in [-0.1, -0.05) is 250 Å². The molecule has 0 saturated carbocycles. The molecule has 99 heavy (non-hydrogen) atoms. The van der Waals surface area contributed by atoms with E-state index in [-0.39, 0.29) is 16.2 Å². The number of fused-ring (bicyclic) bond motifs is 12. The fraction of sp³-hybridized carbons (Fsp3) is 0.419. The van der Waals surface area contributed by atoms with Gasteiger partial charge < -0.3 is 0 Å². The van der Waals surface area contributed by atoms with Crippen LogP contribution in [0.15, 0.2) is 144 Å². The van der Waals surface area contributed by atoms with Crippen LogP contribution in [0.25, 0.3) is 101 Å². The molecule has 4 aromatic carbocycles. The molecule has 0 spiro atoms. The van der Waals surface area contributed by atoms with Crippen molar-refractivity contribution in [2.24, 2.45) is 0 Å². The van der Waals surface area contributed by atoms with Crippen LogP contribution >= 0.6 is 68.0 Å². The van der Waals surface area contributed by atoms with Gasteiger partial charge in [-0.3, -0.25) is 0 Å². The predicted octanol–water partition coefficient (Wildman–Crippen LogP) is 32.2. The summed E-state index contributed by atoms with van der Waals surface area (Å²) in [4.78, 5) is 12.0. The van der Waals surface area contributed by atoms with E-state index in [0.29, 0.717) is 0 Å². The third kappa shape index (κ3) is 15.2. The predicted molar refractivity (Wildman–Crippen MR) is 447 cm³/mol. The van der Waals surface area contributed by atoms with E-state index < -0.39 is 0 Å². The summed E-state index contributed by atoms with van der Waals surface area (Å²) in [5.41, 5.74) is 23.6. The molecule has 0 N–H and O–H groups in total. The molecule has 0 unspecified atom stereocenters. The molecule has 3 aliphatic rings. The van der Waals surface area contributed by atoms with Crippen LogP contribution in [0, 0.1) is 0 Å². The molecule has 0 amide bonds. The van der Waals surface area contributed by atoms with Gasteiger partial charge in [0.25, 0.3) is 0 Å². The summed E-state index contributed by atoms with van der Waals surface area (Å²) in [5.74, 6) is 0. The standard InChI is InChI=1S/C93H108S6/c1-7-13-19-25-55-91(56-26-20-14-8-2)79-64-67(82-52-46-73(97-82)43-40-70-34-31-61-94-70)37-49-76(79)85-88(91)86-77-50-38-68(83-53-47-74(98-83)44-41-71-35-32-62-95-71)65-80(77)92(57-27-21-15-9-3,58-28-22-16-10-4)90(86)87-78-51-39-69(84-54-48-75(99-84)45-42-72-36-33-63-96-72)66-81(78)93(89(85)87,59-29-23-17-11-5)60-30-24-18-12-6/h31-54,61-66H,7-30,55-60H2,1-6H3/b43-40+,44-41+,45-42+. The maximum Gasteiger partial charge on any atom is 0.0349 e. The van der Waals surface area contributed by atoms with Gasteiger partial charge in [0.1, 0.15) is 0 Å². The van der Waals surface area contributed by atoms with Gasteiger partial charge in [-0.25, -0.2) is 0 Å². The maximum absolute atomic E-state index is 2.82. The van der Waals surface area contributed by atoms with Crippen molar-refractivity contribution in [3.63, 3.8) is 0 Å². The number of thiophene rings is 6.